The van der Waals surface area contributed by atoms with Crippen LogP contribution in [0.4, 0.5) is 4.39 Å². The molecule has 1 aromatic heterocycles. The lowest BCUT2D eigenvalue weighted by molar-refractivity contribution is -0.132. The largest absolute Gasteiger partial charge is 0.340 e. The summed E-state index contributed by atoms with van der Waals surface area (Å²) in [6.45, 7) is 3.65. The van der Waals surface area contributed by atoms with Gasteiger partial charge >= 0.3 is 0 Å². The third kappa shape index (κ3) is 3.86. The van der Waals surface area contributed by atoms with E-state index in [9.17, 15) is 9.18 Å². The molecule has 1 aliphatic heterocycles. The maximum absolute atomic E-state index is 13.0. The highest BCUT2D eigenvalue weighted by Crippen LogP contribution is 2.34. The highest BCUT2D eigenvalue weighted by atomic mass is 32.1. The van der Waals surface area contributed by atoms with E-state index in [0.29, 0.717) is 32.2 Å². The molecule has 8 heteroatoms. The van der Waals surface area contributed by atoms with Crippen LogP contribution >= 0.6 is 12.2 Å². The summed E-state index contributed by atoms with van der Waals surface area (Å²) in [6.07, 6.45) is 4.53. The van der Waals surface area contributed by atoms with E-state index >= 15 is 0 Å². The molecule has 1 saturated heterocycles. The number of aromatic nitrogens is 3. The van der Waals surface area contributed by atoms with Gasteiger partial charge in [-0.25, -0.2) is 9.07 Å². The van der Waals surface area contributed by atoms with Crippen LogP contribution < -0.4 is 0 Å². The van der Waals surface area contributed by atoms with E-state index < -0.39 is 0 Å². The Labute approximate surface area is 156 Å². The first-order chi connectivity index (χ1) is 12.6. The number of halogens is 1. The summed E-state index contributed by atoms with van der Waals surface area (Å²) in [5, 5.41) is 4.41. The number of hydrogen-bond donors (Lipinski definition) is 0. The van der Waals surface area contributed by atoms with E-state index in [1.807, 2.05) is 15.9 Å². The molecule has 2 aromatic rings. The number of rotatable bonds is 5. The summed E-state index contributed by atoms with van der Waals surface area (Å²) in [5.74, 6) is -0.191. The second kappa shape index (κ2) is 7.28. The molecule has 26 heavy (non-hydrogen) atoms. The predicted octanol–water partition coefficient (Wildman–Crippen LogP) is 2.23. The number of hydrogen-bond acceptors (Lipinski definition) is 4. The number of piperazine rings is 1. The Balaban J connectivity index is 1.29. The topological polar surface area (TPSA) is 46.3 Å². The summed E-state index contributed by atoms with van der Waals surface area (Å²) >= 11 is 5.50. The van der Waals surface area contributed by atoms with Crippen LogP contribution in [-0.2, 0) is 17.9 Å². The number of carbonyl (C=O) groups is 1. The zero-order valence-electron chi connectivity index (χ0n) is 14.6. The molecule has 1 aliphatic carbocycles. The van der Waals surface area contributed by atoms with E-state index in [2.05, 4.69) is 14.6 Å². The van der Waals surface area contributed by atoms with Crippen LogP contribution in [0.25, 0.3) is 0 Å². The van der Waals surface area contributed by atoms with Crippen molar-refractivity contribution >= 4 is 18.1 Å². The minimum atomic E-state index is -0.280. The van der Waals surface area contributed by atoms with Gasteiger partial charge in [-0.1, -0.05) is 12.1 Å². The Hall–Kier alpha value is -2.06. The van der Waals surface area contributed by atoms with Crippen molar-refractivity contribution in [3.05, 3.63) is 46.7 Å². The maximum Gasteiger partial charge on any atom is 0.227 e. The smallest absolute Gasteiger partial charge is 0.227 e. The van der Waals surface area contributed by atoms with Gasteiger partial charge in [0.25, 0.3) is 0 Å². The molecule has 138 valence electrons. The summed E-state index contributed by atoms with van der Waals surface area (Å²) in [7, 11) is 0. The number of benzene rings is 1. The summed E-state index contributed by atoms with van der Waals surface area (Å²) in [5.41, 5.74) is 0.843. The van der Waals surface area contributed by atoms with Crippen molar-refractivity contribution in [1.82, 2.24) is 24.1 Å². The molecule has 0 atom stereocenters. The quantitative estimate of drug-likeness (QED) is 0.752. The van der Waals surface area contributed by atoms with Crippen LogP contribution in [0.5, 0.6) is 0 Å². The van der Waals surface area contributed by atoms with E-state index in [0.717, 1.165) is 23.4 Å². The third-order valence-electron chi connectivity index (χ3n) is 5.02. The molecule has 0 spiro atoms. The van der Waals surface area contributed by atoms with Gasteiger partial charge in [-0.2, -0.15) is 5.10 Å². The first-order valence-corrected chi connectivity index (χ1v) is 9.39. The Kier molecular flexibility index (Phi) is 4.86. The van der Waals surface area contributed by atoms with E-state index in [4.69, 9.17) is 12.2 Å². The molecule has 2 heterocycles. The lowest BCUT2D eigenvalue weighted by Gasteiger charge is -2.34. The van der Waals surface area contributed by atoms with E-state index in [-0.39, 0.29) is 11.7 Å². The number of carbonyl (C=O) groups excluding carboxylic acids is 1. The van der Waals surface area contributed by atoms with Crippen LogP contribution in [0.1, 0.15) is 24.4 Å². The lowest BCUT2D eigenvalue weighted by Crippen LogP contribution is -2.49. The highest BCUT2D eigenvalue weighted by molar-refractivity contribution is 7.71. The average molecular weight is 375 g/mol. The molecule has 4 rings (SSSR count). The van der Waals surface area contributed by atoms with Crippen molar-refractivity contribution in [3.8, 4) is 0 Å². The third-order valence-corrected chi connectivity index (χ3v) is 5.45. The normalized spacial score (nSPS) is 18.3. The van der Waals surface area contributed by atoms with Crippen molar-refractivity contribution in [2.24, 2.45) is 0 Å². The molecule has 0 unspecified atom stereocenters. The molecule has 1 saturated carbocycles. The van der Waals surface area contributed by atoms with Crippen molar-refractivity contribution in [3.63, 3.8) is 0 Å². The SMILES string of the molecule is O=C(Cc1ccc(F)cc1)N1CCN(Cn2ncn(C3CC3)c2=S)CC1. The van der Waals surface area contributed by atoms with Crippen LogP contribution in [0.2, 0.25) is 0 Å². The second-order valence-corrected chi connectivity index (χ2v) is 7.36. The second-order valence-electron chi connectivity index (χ2n) is 6.99. The van der Waals surface area contributed by atoms with Gasteiger partial charge in [-0.05, 0) is 42.8 Å². The summed E-state index contributed by atoms with van der Waals surface area (Å²) in [4.78, 5) is 16.6. The lowest BCUT2D eigenvalue weighted by atomic mass is 10.1. The monoisotopic (exact) mass is 375 g/mol. The molecule has 0 radical (unpaired) electrons. The predicted molar refractivity (Wildman–Crippen MR) is 97.6 cm³/mol. The molecular formula is C18H22FN5OS. The fraction of sp³-hybridized carbons (Fsp3) is 0.500. The highest BCUT2D eigenvalue weighted by Gasteiger charge is 2.26. The Morgan fingerprint density at radius 2 is 1.85 bits per heavy atom. The van der Waals surface area contributed by atoms with Gasteiger partial charge in [0.1, 0.15) is 12.1 Å². The molecule has 2 aliphatic rings. The van der Waals surface area contributed by atoms with Crippen molar-refractivity contribution in [2.45, 2.75) is 32.0 Å². The van der Waals surface area contributed by atoms with Gasteiger partial charge < -0.3 is 9.47 Å². The van der Waals surface area contributed by atoms with Crippen molar-refractivity contribution in [2.75, 3.05) is 26.2 Å². The first-order valence-electron chi connectivity index (χ1n) is 8.98. The molecule has 2 fully saturated rings. The van der Waals surface area contributed by atoms with Crippen LogP contribution in [0, 0.1) is 10.6 Å². The Morgan fingerprint density at radius 3 is 2.50 bits per heavy atom. The molecule has 6 nitrogen and oxygen atoms in total. The molecular weight excluding hydrogens is 353 g/mol. The standard InChI is InChI=1S/C18H22FN5OS/c19-15-3-1-14(2-4-15)11-17(25)22-9-7-21(8-10-22)13-24-18(26)23(12-20-24)16-5-6-16/h1-4,12,16H,5-11,13H2. The average Bonchev–Trinajstić information content (AvgIpc) is 3.42. The Bertz CT molecular complexity index is 834. The fourth-order valence-electron chi connectivity index (χ4n) is 3.27. The summed E-state index contributed by atoms with van der Waals surface area (Å²) < 4.78 is 17.7. The van der Waals surface area contributed by atoms with Gasteiger partial charge in [0, 0.05) is 32.2 Å². The molecule has 1 aromatic carbocycles. The van der Waals surface area contributed by atoms with Gasteiger partial charge in [0.15, 0.2) is 4.77 Å². The van der Waals surface area contributed by atoms with Gasteiger partial charge in [0.05, 0.1) is 13.1 Å². The molecule has 1 amide bonds. The zero-order valence-corrected chi connectivity index (χ0v) is 15.4. The zero-order chi connectivity index (χ0) is 18.1. The maximum atomic E-state index is 13.0. The van der Waals surface area contributed by atoms with Crippen LogP contribution in [0.3, 0.4) is 0 Å². The minimum absolute atomic E-state index is 0.0888. The van der Waals surface area contributed by atoms with E-state index in [1.165, 1.54) is 25.0 Å². The van der Waals surface area contributed by atoms with Gasteiger partial charge in [-0.15, -0.1) is 0 Å². The Morgan fingerprint density at radius 1 is 1.15 bits per heavy atom. The molecule has 0 N–H and O–H groups in total. The fourth-order valence-corrected chi connectivity index (χ4v) is 3.57. The van der Waals surface area contributed by atoms with Crippen molar-refractivity contribution in [1.29, 1.82) is 0 Å². The van der Waals surface area contributed by atoms with E-state index in [1.54, 1.807) is 12.1 Å². The van der Waals surface area contributed by atoms with Gasteiger partial charge in [-0.3, -0.25) is 9.69 Å². The summed E-state index contributed by atoms with van der Waals surface area (Å²) in [6, 6.07) is 6.66. The minimum Gasteiger partial charge on any atom is -0.340 e. The number of amides is 1. The first kappa shape index (κ1) is 17.4. The van der Waals surface area contributed by atoms with Crippen molar-refractivity contribution < 1.29 is 9.18 Å². The number of nitrogens with zero attached hydrogens (tertiary/aromatic N) is 5. The van der Waals surface area contributed by atoms with Gasteiger partial charge in [0.2, 0.25) is 5.91 Å². The van der Waals surface area contributed by atoms with Crippen LogP contribution in [-0.4, -0.2) is 56.2 Å². The van der Waals surface area contributed by atoms with Crippen LogP contribution in [0.15, 0.2) is 30.6 Å². The molecule has 0 bridgehead atoms.